The number of pyridine rings is 1. The fourth-order valence-electron chi connectivity index (χ4n) is 3.27. The summed E-state index contributed by atoms with van der Waals surface area (Å²) in [4.78, 5) is 17.9. The number of hydrogen-bond donors (Lipinski definition) is 1. The molecule has 148 valence electrons. The van der Waals surface area contributed by atoms with E-state index in [1.807, 2.05) is 34.9 Å². The van der Waals surface area contributed by atoms with Crippen molar-refractivity contribution in [1.82, 2.24) is 34.3 Å². The summed E-state index contributed by atoms with van der Waals surface area (Å²) in [6.45, 7) is 0.567. The smallest absolute Gasteiger partial charge is 0.191 e. The molecule has 0 bridgehead atoms. The van der Waals surface area contributed by atoms with Crippen molar-refractivity contribution in [2.45, 2.75) is 6.54 Å². The van der Waals surface area contributed by atoms with Gasteiger partial charge in [0.15, 0.2) is 22.8 Å². The molecule has 0 saturated carbocycles. The van der Waals surface area contributed by atoms with Crippen LogP contribution in [0.2, 0.25) is 0 Å². The van der Waals surface area contributed by atoms with E-state index in [4.69, 9.17) is 22.7 Å². The van der Waals surface area contributed by atoms with Gasteiger partial charge in [0.2, 0.25) is 0 Å². The van der Waals surface area contributed by atoms with E-state index in [9.17, 15) is 0 Å². The van der Waals surface area contributed by atoms with Gasteiger partial charge in [0.25, 0.3) is 0 Å². The zero-order chi connectivity index (χ0) is 20.7. The summed E-state index contributed by atoms with van der Waals surface area (Å²) in [6.07, 6.45) is 6.90. The molecular weight excluding hydrogens is 400 g/mol. The molecule has 0 unspecified atom stereocenters. The van der Waals surface area contributed by atoms with Gasteiger partial charge in [-0.2, -0.15) is 5.10 Å². The van der Waals surface area contributed by atoms with Crippen LogP contribution in [-0.4, -0.2) is 46.4 Å². The van der Waals surface area contributed by atoms with Crippen LogP contribution in [-0.2, 0) is 6.54 Å². The number of nitrogens with two attached hydrogens (primary N) is 1. The minimum atomic E-state index is 0.105. The fraction of sp³-hybridized carbons (Fsp3) is 0.100. The lowest BCUT2D eigenvalue weighted by Gasteiger charge is -2.08. The second-order valence-electron chi connectivity index (χ2n) is 6.62. The molecule has 2 N–H and O–H groups in total. The van der Waals surface area contributed by atoms with Crippen molar-refractivity contribution < 1.29 is 4.74 Å². The summed E-state index contributed by atoms with van der Waals surface area (Å²) in [5, 5.41) is 5.36. The quantitative estimate of drug-likeness (QED) is 0.435. The second kappa shape index (κ2) is 7.16. The van der Waals surface area contributed by atoms with Crippen LogP contribution in [0, 0.1) is 0 Å². The van der Waals surface area contributed by atoms with E-state index in [1.54, 1.807) is 36.7 Å². The lowest BCUT2D eigenvalue weighted by atomic mass is 10.2. The Morgan fingerprint density at radius 1 is 1.13 bits per heavy atom. The molecule has 0 fully saturated rings. The minimum absolute atomic E-state index is 0.105. The molecule has 0 radical (unpaired) electrons. The van der Waals surface area contributed by atoms with Crippen molar-refractivity contribution in [2.75, 3.05) is 7.11 Å². The Morgan fingerprint density at radius 2 is 1.97 bits per heavy atom. The predicted octanol–water partition coefficient (Wildman–Crippen LogP) is 2.25. The maximum Gasteiger partial charge on any atom is 0.191 e. The normalized spacial score (nSPS) is 11.2. The van der Waals surface area contributed by atoms with Gasteiger partial charge in [0.05, 0.1) is 31.7 Å². The van der Waals surface area contributed by atoms with Crippen LogP contribution in [0.5, 0.6) is 5.75 Å². The number of nitrogens with zero attached hydrogens (tertiary/aromatic N) is 7. The average Bonchev–Trinajstić information content (AvgIpc) is 3.38. The molecule has 4 heterocycles. The molecule has 10 heteroatoms. The topological polar surface area (TPSA) is 110 Å². The van der Waals surface area contributed by atoms with Crippen LogP contribution < -0.4 is 10.5 Å². The molecular formula is C20H16N8OS. The highest BCUT2D eigenvalue weighted by Gasteiger charge is 2.18. The van der Waals surface area contributed by atoms with Crippen LogP contribution in [0.25, 0.3) is 27.9 Å². The van der Waals surface area contributed by atoms with Crippen molar-refractivity contribution in [1.29, 1.82) is 0 Å². The molecule has 0 aliphatic carbocycles. The van der Waals surface area contributed by atoms with Gasteiger partial charge in [-0.05, 0) is 23.8 Å². The average molecular weight is 416 g/mol. The number of methoxy groups -OCH3 is 1. The summed E-state index contributed by atoms with van der Waals surface area (Å²) in [6, 6.07) is 9.69. The van der Waals surface area contributed by atoms with Gasteiger partial charge in [0, 0.05) is 17.8 Å². The Kier molecular flexibility index (Phi) is 4.32. The Balaban J connectivity index is 1.67. The second-order valence-corrected chi connectivity index (χ2v) is 7.06. The van der Waals surface area contributed by atoms with Crippen LogP contribution in [0.15, 0.2) is 55.2 Å². The minimum Gasteiger partial charge on any atom is -0.497 e. The van der Waals surface area contributed by atoms with Gasteiger partial charge < -0.3 is 15.0 Å². The molecule has 0 saturated heterocycles. The van der Waals surface area contributed by atoms with Crippen molar-refractivity contribution >= 4 is 39.3 Å². The van der Waals surface area contributed by atoms with Crippen molar-refractivity contribution in [3.63, 3.8) is 0 Å². The first-order valence-electron chi connectivity index (χ1n) is 9.08. The molecule has 9 nitrogen and oxygen atoms in total. The molecule has 0 aliphatic rings. The largest absolute Gasteiger partial charge is 0.497 e. The van der Waals surface area contributed by atoms with Gasteiger partial charge in [-0.25, -0.2) is 19.6 Å². The van der Waals surface area contributed by atoms with Crippen LogP contribution in [0.3, 0.4) is 0 Å². The summed E-state index contributed by atoms with van der Waals surface area (Å²) >= 11 is 5.15. The van der Waals surface area contributed by atoms with Gasteiger partial charge in [-0.3, -0.25) is 4.98 Å². The highest BCUT2D eigenvalue weighted by molar-refractivity contribution is 7.80. The van der Waals surface area contributed by atoms with Gasteiger partial charge in [0.1, 0.15) is 10.7 Å². The first-order chi connectivity index (χ1) is 14.6. The third kappa shape index (κ3) is 3.03. The van der Waals surface area contributed by atoms with Gasteiger partial charge >= 0.3 is 0 Å². The molecule has 0 atom stereocenters. The third-order valence-corrected chi connectivity index (χ3v) is 4.93. The number of imidazole rings is 1. The fourth-order valence-corrected chi connectivity index (χ4v) is 3.36. The number of fused-ring (bicyclic) bond motifs is 2. The zero-order valence-corrected chi connectivity index (χ0v) is 16.7. The number of benzene rings is 1. The lowest BCUT2D eigenvalue weighted by Crippen LogP contribution is -2.17. The molecule has 5 aromatic rings. The Hall–Kier alpha value is -3.92. The van der Waals surface area contributed by atoms with E-state index in [0.717, 1.165) is 22.2 Å². The summed E-state index contributed by atoms with van der Waals surface area (Å²) in [5.41, 5.74) is 9.01. The van der Waals surface area contributed by atoms with Crippen molar-refractivity contribution in [3.8, 4) is 11.6 Å². The van der Waals surface area contributed by atoms with E-state index in [0.29, 0.717) is 23.5 Å². The Labute approximate surface area is 176 Å². The molecule has 5 rings (SSSR count). The predicted molar refractivity (Wildman–Crippen MR) is 116 cm³/mol. The monoisotopic (exact) mass is 416 g/mol. The number of hydrogen-bond acceptors (Lipinski definition) is 7. The number of aromatic nitrogens is 7. The van der Waals surface area contributed by atoms with Crippen LogP contribution in [0.4, 0.5) is 0 Å². The van der Waals surface area contributed by atoms with E-state index in [2.05, 4.69) is 25.0 Å². The lowest BCUT2D eigenvalue weighted by molar-refractivity contribution is 0.414. The molecule has 30 heavy (non-hydrogen) atoms. The van der Waals surface area contributed by atoms with Crippen molar-refractivity contribution in [3.05, 3.63) is 66.6 Å². The van der Waals surface area contributed by atoms with E-state index < -0.39 is 0 Å². The molecule has 0 amide bonds. The molecule has 0 spiro atoms. The van der Waals surface area contributed by atoms with Crippen LogP contribution in [0.1, 0.15) is 11.4 Å². The zero-order valence-electron chi connectivity index (χ0n) is 15.9. The Morgan fingerprint density at radius 3 is 2.73 bits per heavy atom. The summed E-state index contributed by atoms with van der Waals surface area (Å²) in [7, 11) is 1.64. The molecule has 0 aliphatic heterocycles. The van der Waals surface area contributed by atoms with Gasteiger partial charge in [-0.1, -0.05) is 24.4 Å². The standard InChI is InChI=1S/C20H16N8OS/c1-29-14-4-2-12(3-5-14)10-27-11-23-16-19(27)25-18(17(21)30)26-20(16)28-15-6-7-22-8-13(15)9-24-28/h2-9,11H,10H2,1H3,(H2,21,30). The number of thiocarbonyl (C=S) groups is 1. The molecule has 1 aromatic carbocycles. The summed E-state index contributed by atoms with van der Waals surface area (Å²) in [5.74, 6) is 1.58. The number of ether oxygens (including phenoxy) is 1. The summed E-state index contributed by atoms with van der Waals surface area (Å²) < 4.78 is 8.86. The highest BCUT2D eigenvalue weighted by Crippen LogP contribution is 2.23. The number of rotatable bonds is 5. The first-order valence-corrected chi connectivity index (χ1v) is 9.48. The van der Waals surface area contributed by atoms with Crippen LogP contribution >= 0.6 is 12.2 Å². The van der Waals surface area contributed by atoms with E-state index in [1.165, 1.54) is 0 Å². The van der Waals surface area contributed by atoms with Gasteiger partial charge in [-0.15, -0.1) is 0 Å². The SMILES string of the molecule is COc1ccc(Cn2cnc3c(-n4ncc5cnccc54)nc(C(N)=S)nc32)cc1. The first kappa shape index (κ1) is 18.1. The van der Waals surface area contributed by atoms with E-state index in [-0.39, 0.29) is 10.8 Å². The maximum atomic E-state index is 5.87. The maximum absolute atomic E-state index is 5.87. The molecule has 4 aromatic heterocycles. The Bertz CT molecular complexity index is 1390. The van der Waals surface area contributed by atoms with E-state index >= 15 is 0 Å². The highest BCUT2D eigenvalue weighted by atomic mass is 32.1. The third-order valence-electron chi connectivity index (χ3n) is 4.75. The van der Waals surface area contributed by atoms with Crippen molar-refractivity contribution in [2.24, 2.45) is 5.73 Å².